The van der Waals surface area contributed by atoms with Gasteiger partial charge in [-0.25, -0.2) is 4.79 Å². The van der Waals surface area contributed by atoms with Crippen LogP contribution >= 0.6 is 11.8 Å². The maximum atomic E-state index is 12.8. The summed E-state index contributed by atoms with van der Waals surface area (Å²) in [6.07, 6.45) is 0. The molecule has 3 atom stereocenters. The van der Waals surface area contributed by atoms with Crippen molar-refractivity contribution in [3.8, 4) is 5.75 Å². The molecule has 2 N–H and O–H groups in total. The minimum absolute atomic E-state index is 0.00555. The van der Waals surface area contributed by atoms with E-state index < -0.39 is 29.3 Å². The molecule has 2 fully saturated rings. The van der Waals surface area contributed by atoms with Crippen molar-refractivity contribution in [3.63, 3.8) is 0 Å². The summed E-state index contributed by atoms with van der Waals surface area (Å²) >= 11 is 1.39. The number of aromatic carboxylic acids is 1. The number of β-lactam (4-membered cyclic amide) rings is 1. The van der Waals surface area contributed by atoms with Crippen LogP contribution in [0.1, 0.15) is 33.2 Å². The minimum Gasteiger partial charge on any atom is -0.497 e. The van der Waals surface area contributed by atoms with E-state index in [0.717, 1.165) is 5.56 Å². The average Bonchev–Trinajstić information content (AvgIpc) is 2.85. The van der Waals surface area contributed by atoms with E-state index in [4.69, 9.17) is 9.47 Å². The molecule has 0 spiro atoms. The minimum atomic E-state index is -1.22. The molecular formula is C24H24N2O7S. The Labute approximate surface area is 200 Å². The SMILES string of the molecule is COc1ccc(COC(=O)C2(C)CS[C@@H]3C(NC(=O)c4ccccc4C(=O)O)C(=O)N3C2)cc1. The lowest BCUT2D eigenvalue weighted by molar-refractivity contribution is -0.161. The third-order valence-corrected chi connectivity index (χ3v) is 7.62. The summed E-state index contributed by atoms with van der Waals surface area (Å²) < 4.78 is 10.6. The zero-order valence-electron chi connectivity index (χ0n) is 18.6. The second-order valence-corrected chi connectivity index (χ2v) is 9.56. The Morgan fingerprint density at radius 1 is 1.15 bits per heavy atom. The highest BCUT2D eigenvalue weighted by Gasteiger charge is 2.56. The van der Waals surface area contributed by atoms with Crippen molar-refractivity contribution in [2.45, 2.75) is 24.9 Å². The molecule has 2 aromatic carbocycles. The third kappa shape index (κ3) is 4.45. The van der Waals surface area contributed by atoms with E-state index in [0.29, 0.717) is 11.5 Å². The molecule has 9 nitrogen and oxygen atoms in total. The molecule has 2 amide bonds. The standard InChI is InChI=1S/C24H24N2O7S/c1-24(23(31)33-11-14-7-9-15(32-2)10-8-14)12-26-20(28)18(21(26)34-13-24)25-19(27)16-5-3-4-6-17(16)22(29)30/h3-10,18,21H,11-13H2,1-2H3,(H,25,27)(H,29,30)/t18?,21-,24?/m1/s1. The lowest BCUT2D eigenvalue weighted by Gasteiger charge is -2.53. The molecule has 2 unspecified atom stereocenters. The molecule has 2 saturated heterocycles. The molecule has 0 saturated carbocycles. The van der Waals surface area contributed by atoms with Crippen molar-refractivity contribution < 1.29 is 33.8 Å². The number of ether oxygens (including phenoxy) is 2. The number of benzene rings is 2. The van der Waals surface area contributed by atoms with Crippen LogP contribution in [-0.2, 0) is 20.9 Å². The number of methoxy groups -OCH3 is 1. The highest BCUT2D eigenvalue weighted by molar-refractivity contribution is 8.00. The first kappa shape index (κ1) is 23.6. The predicted octanol–water partition coefficient (Wildman–Crippen LogP) is 2.16. The second kappa shape index (κ2) is 9.38. The molecule has 0 radical (unpaired) electrons. The van der Waals surface area contributed by atoms with Crippen LogP contribution in [0, 0.1) is 5.41 Å². The summed E-state index contributed by atoms with van der Waals surface area (Å²) in [5.41, 5.74) is -0.196. The summed E-state index contributed by atoms with van der Waals surface area (Å²) in [7, 11) is 1.58. The molecule has 2 aliphatic rings. The van der Waals surface area contributed by atoms with Gasteiger partial charge in [0.25, 0.3) is 5.91 Å². The Morgan fingerprint density at radius 2 is 1.82 bits per heavy atom. The Balaban J connectivity index is 1.35. The van der Waals surface area contributed by atoms with Gasteiger partial charge in [0, 0.05) is 12.3 Å². The van der Waals surface area contributed by atoms with Crippen LogP contribution in [0.5, 0.6) is 5.75 Å². The monoisotopic (exact) mass is 484 g/mol. The number of esters is 1. The summed E-state index contributed by atoms with van der Waals surface area (Å²) in [5, 5.41) is 11.6. The molecule has 2 heterocycles. The normalized spacial score (nSPS) is 23.4. The number of nitrogens with zero attached hydrogens (tertiary/aromatic N) is 1. The number of thioether (sulfide) groups is 1. The van der Waals surface area contributed by atoms with E-state index in [-0.39, 0.29) is 35.6 Å². The fraction of sp³-hybridized carbons (Fsp3) is 0.333. The third-order valence-electron chi connectivity index (χ3n) is 5.94. The van der Waals surface area contributed by atoms with Gasteiger partial charge in [-0.2, -0.15) is 0 Å². The van der Waals surface area contributed by atoms with Crippen molar-refractivity contribution in [1.82, 2.24) is 10.2 Å². The van der Waals surface area contributed by atoms with Crippen LogP contribution in [0.25, 0.3) is 0 Å². The maximum Gasteiger partial charge on any atom is 0.336 e. The van der Waals surface area contributed by atoms with Crippen molar-refractivity contribution in [2.75, 3.05) is 19.4 Å². The first-order valence-corrected chi connectivity index (χ1v) is 11.6. The van der Waals surface area contributed by atoms with Gasteiger partial charge in [-0.1, -0.05) is 24.3 Å². The number of fused-ring (bicyclic) bond motifs is 1. The lowest BCUT2D eigenvalue weighted by atomic mass is 9.89. The largest absolute Gasteiger partial charge is 0.497 e. The number of carbonyl (C=O) groups is 4. The molecule has 4 rings (SSSR count). The molecule has 0 bridgehead atoms. The van der Waals surface area contributed by atoms with Gasteiger partial charge < -0.3 is 24.8 Å². The number of rotatable bonds is 7. The van der Waals surface area contributed by atoms with Gasteiger partial charge in [0.2, 0.25) is 5.91 Å². The van der Waals surface area contributed by atoms with Crippen molar-refractivity contribution >= 4 is 35.5 Å². The highest BCUT2D eigenvalue weighted by Crippen LogP contribution is 2.42. The summed E-state index contributed by atoms with van der Waals surface area (Å²) in [4.78, 5) is 51.2. The Kier molecular flexibility index (Phi) is 6.52. The Morgan fingerprint density at radius 3 is 2.47 bits per heavy atom. The van der Waals surface area contributed by atoms with E-state index in [2.05, 4.69) is 5.32 Å². The summed E-state index contributed by atoms with van der Waals surface area (Å²) in [6, 6.07) is 12.3. The average molecular weight is 485 g/mol. The zero-order valence-corrected chi connectivity index (χ0v) is 19.5. The summed E-state index contributed by atoms with van der Waals surface area (Å²) in [5.74, 6) is -1.42. The number of nitrogens with one attached hydrogen (secondary N) is 1. The number of hydrogen-bond donors (Lipinski definition) is 2. The number of hydrogen-bond acceptors (Lipinski definition) is 7. The molecule has 10 heteroatoms. The molecular weight excluding hydrogens is 460 g/mol. The van der Waals surface area contributed by atoms with Gasteiger partial charge >= 0.3 is 11.9 Å². The topological polar surface area (TPSA) is 122 Å². The van der Waals surface area contributed by atoms with E-state index in [1.54, 1.807) is 37.1 Å². The zero-order chi connectivity index (χ0) is 24.5. The van der Waals surface area contributed by atoms with Crippen LogP contribution in [0.15, 0.2) is 48.5 Å². The molecule has 0 aliphatic carbocycles. The van der Waals surface area contributed by atoms with Crippen LogP contribution in [0.3, 0.4) is 0 Å². The van der Waals surface area contributed by atoms with Gasteiger partial charge in [-0.05, 0) is 36.8 Å². The van der Waals surface area contributed by atoms with Crippen molar-refractivity contribution in [1.29, 1.82) is 0 Å². The van der Waals surface area contributed by atoms with Gasteiger partial charge in [0.15, 0.2) is 0 Å². The Hall–Kier alpha value is -3.53. The Bertz CT molecular complexity index is 1140. The molecule has 0 aromatic heterocycles. The van der Waals surface area contributed by atoms with Gasteiger partial charge in [-0.15, -0.1) is 11.8 Å². The molecule has 2 aliphatic heterocycles. The van der Waals surface area contributed by atoms with Crippen LogP contribution in [0.4, 0.5) is 0 Å². The van der Waals surface area contributed by atoms with Crippen molar-refractivity contribution in [3.05, 3.63) is 65.2 Å². The molecule has 34 heavy (non-hydrogen) atoms. The number of carboxylic acids is 1. The highest BCUT2D eigenvalue weighted by atomic mass is 32.2. The maximum absolute atomic E-state index is 12.8. The smallest absolute Gasteiger partial charge is 0.336 e. The lowest BCUT2D eigenvalue weighted by Crippen LogP contribution is -2.73. The molecule has 2 aromatic rings. The van der Waals surface area contributed by atoms with Gasteiger partial charge in [-0.3, -0.25) is 14.4 Å². The fourth-order valence-corrected chi connectivity index (χ4v) is 5.44. The van der Waals surface area contributed by atoms with Crippen LogP contribution in [0.2, 0.25) is 0 Å². The second-order valence-electron chi connectivity index (χ2n) is 8.45. The van der Waals surface area contributed by atoms with Crippen LogP contribution in [-0.4, -0.2) is 64.6 Å². The molecule has 178 valence electrons. The number of carbonyl (C=O) groups excluding carboxylic acids is 3. The van der Waals surface area contributed by atoms with E-state index >= 15 is 0 Å². The van der Waals surface area contributed by atoms with Gasteiger partial charge in [0.05, 0.1) is 23.7 Å². The van der Waals surface area contributed by atoms with Crippen molar-refractivity contribution in [2.24, 2.45) is 5.41 Å². The first-order valence-electron chi connectivity index (χ1n) is 10.6. The predicted molar refractivity (Wildman–Crippen MR) is 124 cm³/mol. The van der Waals surface area contributed by atoms with E-state index in [9.17, 15) is 24.3 Å². The quantitative estimate of drug-likeness (QED) is 0.453. The first-order chi connectivity index (χ1) is 16.2. The summed E-state index contributed by atoms with van der Waals surface area (Å²) in [6.45, 7) is 2.06. The number of carboxylic acid groups (broad SMARTS) is 1. The van der Waals surface area contributed by atoms with Crippen LogP contribution < -0.4 is 10.1 Å². The van der Waals surface area contributed by atoms with Gasteiger partial charge in [0.1, 0.15) is 23.8 Å². The number of amides is 2. The fourth-order valence-electron chi connectivity index (χ4n) is 3.96. The van der Waals surface area contributed by atoms with E-state index in [1.807, 2.05) is 12.1 Å². The van der Waals surface area contributed by atoms with E-state index in [1.165, 1.54) is 30.0 Å².